The number of hydrogen-bond donors (Lipinski definition) is 0. The van der Waals surface area contributed by atoms with Gasteiger partial charge in [0.1, 0.15) is 5.82 Å². The van der Waals surface area contributed by atoms with Crippen LogP contribution in [-0.2, 0) is 11.2 Å². The van der Waals surface area contributed by atoms with Crippen molar-refractivity contribution in [3.63, 3.8) is 0 Å². The van der Waals surface area contributed by atoms with Gasteiger partial charge in [-0.2, -0.15) is 0 Å². The molecule has 1 saturated heterocycles. The number of halogens is 1. The van der Waals surface area contributed by atoms with Gasteiger partial charge in [-0.1, -0.05) is 0 Å². The quantitative estimate of drug-likeness (QED) is 0.869. The highest BCUT2D eigenvalue weighted by atomic mass is 32.1. The van der Waals surface area contributed by atoms with E-state index in [1.54, 1.807) is 29.7 Å². The largest absolute Gasteiger partial charge is 0.368 e. The molecule has 0 N–H and O–H groups in total. The lowest BCUT2D eigenvalue weighted by Gasteiger charge is -2.36. The van der Waals surface area contributed by atoms with Crippen molar-refractivity contribution in [1.82, 2.24) is 9.88 Å². The number of rotatable bonds is 4. The standard InChI is InChI=1S/C16H18FN3OS/c17-13-1-3-14(4-2-13)19-8-10-20(11-9-19)16(21)6-5-15-18-7-12-22-15/h1-4,7,12H,5-6,8-11H2. The molecule has 1 amide bonds. The number of carbonyl (C=O) groups is 1. The summed E-state index contributed by atoms with van der Waals surface area (Å²) in [5, 5.41) is 2.94. The molecule has 116 valence electrons. The maximum Gasteiger partial charge on any atom is 0.223 e. The number of thiazole rings is 1. The zero-order valence-corrected chi connectivity index (χ0v) is 13.1. The number of aromatic nitrogens is 1. The van der Waals surface area contributed by atoms with Crippen molar-refractivity contribution in [2.24, 2.45) is 0 Å². The minimum absolute atomic E-state index is 0.189. The molecule has 2 heterocycles. The van der Waals surface area contributed by atoms with Gasteiger partial charge < -0.3 is 9.80 Å². The van der Waals surface area contributed by atoms with Crippen LogP contribution >= 0.6 is 11.3 Å². The number of hydrogen-bond acceptors (Lipinski definition) is 4. The number of aryl methyl sites for hydroxylation is 1. The third kappa shape index (κ3) is 3.62. The minimum atomic E-state index is -0.222. The SMILES string of the molecule is O=C(CCc1nccs1)N1CCN(c2ccc(F)cc2)CC1. The van der Waals surface area contributed by atoms with E-state index in [1.165, 1.54) is 12.1 Å². The van der Waals surface area contributed by atoms with Crippen molar-refractivity contribution in [1.29, 1.82) is 0 Å². The van der Waals surface area contributed by atoms with Gasteiger partial charge >= 0.3 is 0 Å². The van der Waals surface area contributed by atoms with Crippen LogP contribution in [-0.4, -0.2) is 42.0 Å². The number of benzene rings is 1. The molecule has 0 aliphatic carbocycles. The molecular weight excluding hydrogens is 301 g/mol. The van der Waals surface area contributed by atoms with Crippen molar-refractivity contribution < 1.29 is 9.18 Å². The average Bonchev–Trinajstić information content (AvgIpc) is 3.07. The molecule has 0 radical (unpaired) electrons. The van der Waals surface area contributed by atoms with E-state index in [0.717, 1.165) is 23.8 Å². The fourth-order valence-electron chi connectivity index (χ4n) is 2.61. The molecule has 2 aromatic rings. The fourth-order valence-corrected chi connectivity index (χ4v) is 3.23. The van der Waals surface area contributed by atoms with Crippen molar-refractivity contribution in [2.75, 3.05) is 31.1 Å². The first kappa shape index (κ1) is 15.0. The van der Waals surface area contributed by atoms with E-state index in [2.05, 4.69) is 9.88 Å². The molecule has 1 fully saturated rings. The summed E-state index contributed by atoms with van der Waals surface area (Å²) >= 11 is 1.59. The highest BCUT2D eigenvalue weighted by Crippen LogP contribution is 2.17. The van der Waals surface area contributed by atoms with Gasteiger partial charge in [-0.3, -0.25) is 4.79 Å². The van der Waals surface area contributed by atoms with Crippen LogP contribution in [0, 0.1) is 5.82 Å². The Kier molecular flexibility index (Phi) is 4.68. The molecule has 1 aliphatic rings. The highest BCUT2D eigenvalue weighted by Gasteiger charge is 2.21. The molecule has 1 aromatic carbocycles. The topological polar surface area (TPSA) is 36.4 Å². The fraction of sp³-hybridized carbons (Fsp3) is 0.375. The zero-order chi connectivity index (χ0) is 15.4. The predicted molar refractivity (Wildman–Crippen MR) is 85.6 cm³/mol. The Morgan fingerprint density at radius 1 is 1.18 bits per heavy atom. The third-order valence-corrected chi connectivity index (χ3v) is 4.70. The Balaban J connectivity index is 1.48. The summed E-state index contributed by atoms with van der Waals surface area (Å²) in [5.41, 5.74) is 1.01. The van der Waals surface area contributed by atoms with Crippen molar-refractivity contribution >= 4 is 22.9 Å². The van der Waals surface area contributed by atoms with E-state index in [9.17, 15) is 9.18 Å². The molecule has 6 heteroatoms. The Morgan fingerprint density at radius 2 is 1.91 bits per heavy atom. The van der Waals surface area contributed by atoms with Gasteiger partial charge in [-0.05, 0) is 24.3 Å². The van der Waals surface area contributed by atoms with Gasteiger partial charge in [0.15, 0.2) is 0 Å². The number of carbonyl (C=O) groups excluding carboxylic acids is 1. The number of nitrogens with zero attached hydrogens (tertiary/aromatic N) is 3. The van der Waals surface area contributed by atoms with Gasteiger partial charge in [0.25, 0.3) is 0 Å². The maximum atomic E-state index is 12.9. The summed E-state index contributed by atoms with van der Waals surface area (Å²) in [6.07, 6.45) is 3.00. The highest BCUT2D eigenvalue weighted by molar-refractivity contribution is 7.09. The van der Waals surface area contributed by atoms with Crippen molar-refractivity contribution in [3.8, 4) is 0 Å². The molecule has 1 aromatic heterocycles. The first-order chi connectivity index (χ1) is 10.7. The summed E-state index contributed by atoms with van der Waals surface area (Å²) in [6.45, 7) is 3.01. The van der Waals surface area contributed by atoms with Crippen LogP contribution in [0.4, 0.5) is 10.1 Å². The minimum Gasteiger partial charge on any atom is -0.368 e. The Labute approximate surface area is 133 Å². The summed E-state index contributed by atoms with van der Waals surface area (Å²) in [4.78, 5) is 20.5. The normalized spacial score (nSPS) is 15.1. The lowest BCUT2D eigenvalue weighted by molar-refractivity contribution is -0.131. The molecule has 0 unspecified atom stereocenters. The summed E-state index contributed by atoms with van der Waals surface area (Å²) < 4.78 is 12.9. The molecule has 0 atom stereocenters. The molecule has 22 heavy (non-hydrogen) atoms. The van der Waals surface area contributed by atoms with E-state index in [0.29, 0.717) is 25.9 Å². The third-order valence-electron chi connectivity index (χ3n) is 3.86. The summed E-state index contributed by atoms with van der Waals surface area (Å²) in [5.74, 6) is -0.0336. The lowest BCUT2D eigenvalue weighted by atomic mass is 10.2. The van der Waals surface area contributed by atoms with Gasteiger partial charge in [-0.25, -0.2) is 9.37 Å². The van der Waals surface area contributed by atoms with Gasteiger partial charge in [-0.15, -0.1) is 11.3 Å². The second-order valence-corrected chi connectivity index (χ2v) is 6.25. The second-order valence-electron chi connectivity index (χ2n) is 5.27. The molecule has 0 bridgehead atoms. The Morgan fingerprint density at radius 3 is 2.55 bits per heavy atom. The summed E-state index contributed by atoms with van der Waals surface area (Å²) in [7, 11) is 0. The van der Waals surface area contributed by atoms with E-state index in [-0.39, 0.29) is 11.7 Å². The predicted octanol–water partition coefficient (Wildman–Crippen LogP) is 2.56. The molecule has 0 saturated carbocycles. The van der Waals surface area contributed by atoms with Gasteiger partial charge in [0.05, 0.1) is 5.01 Å². The van der Waals surface area contributed by atoms with Crippen molar-refractivity contribution in [3.05, 3.63) is 46.7 Å². The van der Waals surface area contributed by atoms with E-state index in [1.807, 2.05) is 10.3 Å². The van der Waals surface area contributed by atoms with Crippen molar-refractivity contribution in [2.45, 2.75) is 12.8 Å². The van der Waals surface area contributed by atoms with Crippen LogP contribution in [0.25, 0.3) is 0 Å². The van der Waals surface area contributed by atoms with E-state index < -0.39 is 0 Å². The number of piperazine rings is 1. The van der Waals surface area contributed by atoms with Crippen LogP contribution in [0.2, 0.25) is 0 Å². The van der Waals surface area contributed by atoms with Crippen LogP contribution < -0.4 is 4.90 Å². The van der Waals surface area contributed by atoms with Crippen LogP contribution in [0.5, 0.6) is 0 Å². The monoisotopic (exact) mass is 319 g/mol. The van der Waals surface area contributed by atoms with Gasteiger partial charge in [0.2, 0.25) is 5.91 Å². The Bertz CT molecular complexity index is 607. The van der Waals surface area contributed by atoms with E-state index in [4.69, 9.17) is 0 Å². The second kappa shape index (κ2) is 6.87. The molecular formula is C16H18FN3OS. The first-order valence-electron chi connectivity index (χ1n) is 7.39. The molecule has 1 aliphatic heterocycles. The first-order valence-corrected chi connectivity index (χ1v) is 8.27. The van der Waals surface area contributed by atoms with Gasteiger partial charge in [0, 0.05) is 56.3 Å². The maximum absolute atomic E-state index is 12.9. The Hall–Kier alpha value is -1.95. The number of anilines is 1. The average molecular weight is 319 g/mol. The van der Waals surface area contributed by atoms with Crippen LogP contribution in [0.15, 0.2) is 35.8 Å². The van der Waals surface area contributed by atoms with Crippen LogP contribution in [0.3, 0.4) is 0 Å². The zero-order valence-electron chi connectivity index (χ0n) is 12.2. The molecule has 0 spiro atoms. The van der Waals surface area contributed by atoms with E-state index >= 15 is 0 Å². The lowest BCUT2D eigenvalue weighted by Crippen LogP contribution is -2.48. The molecule has 3 rings (SSSR count). The summed E-state index contributed by atoms with van der Waals surface area (Å²) in [6, 6.07) is 6.52. The van der Waals surface area contributed by atoms with Crippen LogP contribution in [0.1, 0.15) is 11.4 Å². The number of amides is 1. The smallest absolute Gasteiger partial charge is 0.223 e. The molecule has 4 nitrogen and oxygen atoms in total.